The van der Waals surface area contributed by atoms with Gasteiger partial charge >= 0.3 is 0 Å². The van der Waals surface area contributed by atoms with Gasteiger partial charge in [0.25, 0.3) is 0 Å². The van der Waals surface area contributed by atoms with Crippen molar-refractivity contribution in [3.05, 3.63) is 59.7 Å². The van der Waals surface area contributed by atoms with E-state index >= 15 is 0 Å². The highest BCUT2D eigenvalue weighted by Crippen LogP contribution is 2.30. The van der Waals surface area contributed by atoms with Gasteiger partial charge in [0, 0.05) is 44.0 Å². The molecule has 2 amide bonds. The summed E-state index contributed by atoms with van der Waals surface area (Å²) in [7, 11) is 0. The Morgan fingerprint density at radius 1 is 1.05 bits per heavy atom. The van der Waals surface area contributed by atoms with E-state index in [-0.39, 0.29) is 29.0 Å². The number of thioether (sulfide) groups is 1. The second-order valence-electron chi connectivity index (χ2n) is 13.0. The molecule has 3 heterocycles. The molecule has 2 atom stereocenters. The van der Waals surface area contributed by atoms with Crippen LogP contribution in [0.5, 0.6) is 0 Å². The van der Waals surface area contributed by atoms with Crippen LogP contribution < -0.4 is 0 Å². The van der Waals surface area contributed by atoms with Crippen LogP contribution in [0.2, 0.25) is 0 Å². The third-order valence-electron chi connectivity index (χ3n) is 7.90. The van der Waals surface area contributed by atoms with Crippen molar-refractivity contribution >= 4 is 45.6 Å². The van der Waals surface area contributed by atoms with Crippen LogP contribution in [-0.4, -0.2) is 72.8 Å². The molecule has 0 bridgehead atoms. The normalized spacial score (nSPS) is 16.8. The summed E-state index contributed by atoms with van der Waals surface area (Å²) < 4.78 is 2.18. The molecule has 1 fully saturated rings. The van der Waals surface area contributed by atoms with Crippen LogP contribution in [0.25, 0.3) is 22.1 Å². The zero-order valence-electron chi connectivity index (χ0n) is 25.6. The molecule has 0 saturated carbocycles. The lowest BCUT2D eigenvalue weighted by molar-refractivity contribution is -0.142. The quantitative estimate of drug-likeness (QED) is 0.237. The molecule has 0 spiro atoms. The van der Waals surface area contributed by atoms with Gasteiger partial charge in [0.2, 0.25) is 17.0 Å². The van der Waals surface area contributed by atoms with Gasteiger partial charge in [-0.2, -0.15) is 0 Å². The number of amides is 2. The largest absolute Gasteiger partial charge is 0.338 e. The fraction of sp³-hybridized carbons (Fsp3) is 0.485. The third-order valence-corrected chi connectivity index (χ3v) is 8.72. The number of benzene rings is 2. The molecule has 0 aliphatic carbocycles. The summed E-state index contributed by atoms with van der Waals surface area (Å²) >= 11 is 1.32. The molecule has 0 radical (unpaired) electrons. The number of piperazine rings is 1. The SMILES string of the molecule is Cc1ccc2c(c1)c1nnc(SCC(=O)N3CCN(C(=O)CC(C)CC(C)(C)C)C(C)C3)nc1n2Cc1ccccc1. The number of hydrogen-bond acceptors (Lipinski definition) is 6. The molecule has 2 aromatic carbocycles. The first-order chi connectivity index (χ1) is 20.0. The maximum atomic E-state index is 13.2. The Labute approximate surface area is 252 Å². The summed E-state index contributed by atoms with van der Waals surface area (Å²) in [4.78, 5) is 34.9. The molecule has 0 N–H and O–H groups in total. The van der Waals surface area contributed by atoms with Gasteiger partial charge in [-0.25, -0.2) is 4.98 Å². The van der Waals surface area contributed by atoms with Gasteiger partial charge in [-0.15, -0.1) is 10.2 Å². The molecule has 2 unspecified atom stereocenters. The van der Waals surface area contributed by atoms with Crippen LogP contribution in [0.1, 0.15) is 58.6 Å². The summed E-state index contributed by atoms with van der Waals surface area (Å²) in [5.41, 5.74) is 5.14. The lowest BCUT2D eigenvalue weighted by atomic mass is 9.84. The van der Waals surface area contributed by atoms with Gasteiger partial charge in [0.1, 0.15) is 5.52 Å². The number of carbonyl (C=O) groups is 2. The lowest BCUT2D eigenvalue weighted by Crippen LogP contribution is -2.56. The van der Waals surface area contributed by atoms with Gasteiger partial charge in [0.05, 0.1) is 11.3 Å². The van der Waals surface area contributed by atoms with Crippen LogP contribution in [0.15, 0.2) is 53.7 Å². The molecule has 2 aromatic heterocycles. The summed E-state index contributed by atoms with van der Waals surface area (Å²) in [6.45, 7) is 15.2. The summed E-state index contributed by atoms with van der Waals surface area (Å²) in [5, 5.41) is 10.5. The summed E-state index contributed by atoms with van der Waals surface area (Å²) in [5.74, 6) is 0.787. The van der Waals surface area contributed by atoms with Crippen LogP contribution >= 0.6 is 11.8 Å². The lowest BCUT2D eigenvalue weighted by Gasteiger charge is -2.40. The van der Waals surface area contributed by atoms with E-state index in [0.717, 1.165) is 34.1 Å². The van der Waals surface area contributed by atoms with Crippen molar-refractivity contribution < 1.29 is 9.59 Å². The Bertz CT molecular complexity index is 1580. The number of fused-ring (bicyclic) bond motifs is 3. The van der Waals surface area contributed by atoms with E-state index in [0.29, 0.717) is 43.7 Å². The molecule has 8 nitrogen and oxygen atoms in total. The predicted octanol–water partition coefficient (Wildman–Crippen LogP) is 5.95. The molecule has 4 aromatic rings. The molecule has 1 aliphatic heterocycles. The zero-order chi connectivity index (χ0) is 30.0. The van der Waals surface area contributed by atoms with Crippen molar-refractivity contribution in [3.63, 3.8) is 0 Å². The second kappa shape index (κ2) is 12.4. The second-order valence-corrected chi connectivity index (χ2v) is 13.9. The van der Waals surface area contributed by atoms with Crippen molar-refractivity contribution in [3.8, 4) is 0 Å². The maximum Gasteiger partial charge on any atom is 0.233 e. The predicted molar refractivity (Wildman–Crippen MR) is 169 cm³/mol. The molecule has 1 saturated heterocycles. The number of carbonyl (C=O) groups excluding carboxylic acids is 2. The van der Waals surface area contributed by atoms with E-state index in [1.807, 2.05) is 34.9 Å². The minimum absolute atomic E-state index is 0.00606. The monoisotopic (exact) mass is 586 g/mol. The average Bonchev–Trinajstić information content (AvgIpc) is 3.22. The third kappa shape index (κ3) is 6.94. The van der Waals surface area contributed by atoms with Crippen molar-refractivity contribution in [2.45, 2.75) is 72.1 Å². The Kier molecular flexibility index (Phi) is 8.87. The van der Waals surface area contributed by atoms with E-state index in [4.69, 9.17) is 4.98 Å². The van der Waals surface area contributed by atoms with Crippen molar-refractivity contribution in [1.29, 1.82) is 0 Å². The topological polar surface area (TPSA) is 84.2 Å². The van der Waals surface area contributed by atoms with Crippen LogP contribution in [-0.2, 0) is 16.1 Å². The smallest absolute Gasteiger partial charge is 0.233 e. The molecule has 9 heteroatoms. The fourth-order valence-electron chi connectivity index (χ4n) is 6.15. The van der Waals surface area contributed by atoms with Crippen LogP contribution in [0.4, 0.5) is 0 Å². The Hall–Kier alpha value is -3.46. The van der Waals surface area contributed by atoms with E-state index in [9.17, 15) is 9.59 Å². The minimum Gasteiger partial charge on any atom is -0.338 e. The molecule has 5 rings (SSSR count). The van der Waals surface area contributed by atoms with Crippen molar-refractivity contribution in [1.82, 2.24) is 29.5 Å². The van der Waals surface area contributed by atoms with Crippen molar-refractivity contribution in [2.75, 3.05) is 25.4 Å². The Balaban J connectivity index is 1.25. The maximum absolute atomic E-state index is 13.2. The summed E-state index contributed by atoms with van der Waals surface area (Å²) in [6, 6.07) is 16.6. The Morgan fingerprint density at radius 2 is 1.81 bits per heavy atom. The van der Waals surface area contributed by atoms with Gasteiger partial charge in [-0.3, -0.25) is 9.59 Å². The first kappa shape index (κ1) is 30.0. The molecular formula is C33H42N6O2S. The number of nitrogens with zero attached hydrogens (tertiary/aromatic N) is 6. The average molecular weight is 587 g/mol. The van der Waals surface area contributed by atoms with Gasteiger partial charge in [-0.1, -0.05) is 81.4 Å². The molecule has 222 valence electrons. The first-order valence-corrected chi connectivity index (χ1v) is 15.8. The zero-order valence-corrected chi connectivity index (χ0v) is 26.4. The van der Waals surface area contributed by atoms with Gasteiger partial charge in [-0.05, 0) is 49.3 Å². The van der Waals surface area contributed by atoms with Crippen LogP contribution in [0.3, 0.4) is 0 Å². The minimum atomic E-state index is -0.00606. The van der Waals surface area contributed by atoms with Crippen LogP contribution in [0, 0.1) is 18.3 Å². The number of aryl methyl sites for hydroxylation is 1. The Morgan fingerprint density at radius 3 is 2.52 bits per heavy atom. The van der Waals surface area contributed by atoms with E-state index in [1.54, 1.807) is 0 Å². The molecule has 42 heavy (non-hydrogen) atoms. The van der Waals surface area contributed by atoms with E-state index < -0.39 is 0 Å². The summed E-state index contributed by atoms with van der Waals surface area (Å²) in [6.07, 6.45) is 1.57. The standard InChI is InChI=1S/C33H42N6O2S/c1-22-12-13-27-26(16-22)30-31(39(27)20-25-10-8-7-9-11-25)34-32(36-35-30)42-21-29(41)37-14-15-38(24(3)19-37)28(40)17-23(2)18-33(4,5)6/h7-13,16,23-24H,14-15,17-21H2,1-6H3. The number of aromatic nitrogens is 4. The van der Waals surface area contributed by atoms with Gasteiger partial charge in [0.15, 0.2) is 5.65 Å². The highest BCUT2D eigenvalue weighted by Gasteiger charge is 2.31. The fourth-order valence-corrected chi connectivity index (χ4v) is 6.83. The van der Waals surface area contributed by atoms with E-state index in [1.165, 1.54) is 17.3 Å². The highest BCUT2D eigenvalue weighted by atomic mass is 32.2. The number of rotatable bonds is 8. The number of hydrogen-bond donors (Lipinski definition) is 0. The van der Waals surface area contributed by atoms with E-state index in [2.05, 4.69) is 79.7 Å². The van der Waals surface area contributed by atoms with Crippen molar-refractivity contribution in [2.24, 2.45) is 11.3 Å². The molecular weight excluding hydrogens is 544 g/mol. The van der Waals surface area contributed by atoms with Gasteiger partial charge < -0.3 is 14.4 Å². The highest BCUT2D eigenvalue weighted by molar-refractivity contribution is 7.99. The molecule has 1 aliphatic rings. The first-order valence-electron chi connectivity index (χ1n) is 14.9.